The van der Waals surface area contributed by atoms with Gasteiger partial charge >= 0.3 is 0 Å². The van der Waals surface area contributed by atoms with Gasteiger partial charge < -0.3 is 20.9 Å². The van der Waals surface area contributed by atoms with Crippen molar-refractivity contribution in [1.82, 2.24) is 20.3 Å². The fourth-order valence-electron chi connectivity index (χ4n) is 3.33. The summed E-state index contributed by atoms with van der Waals surface area (Å²) < 4.78 is 14.7. The van der Waals surface area contributed by atoms with Gasteiger partial charge in [0.15, 0.2) is 0 Å². The van der Waals surface area contributed by atoms with Crippen molar-refractivity contribution in [3.8, 4) is 0 Å². The first-order valence-corrected chi connectivity index (χ1v) is 10.5. The summed E-state index contributed by atoms with van der Waals surface area (Å²) in [6.45, 7) is 2.99. The van der Waals surface area contributed by atoms with Gasteiger partial charge in [0, 0.05) is 50.5 Å². The molecule has 1 fully saturated rings. The molecule has 0 aliphatic carbocycles. The summed E-state index contributed by atoms with van der Waals surface area (Å²) in [5.74, 6) is 0.0409. The van der Waals surface area contributed by atoms with E-state index in [-0.39, 0.29) is 18.3 Å². The van der Waals surface area contributed by atoms with Crippen molar-refractivity contribution in [2.45, 2.75) is 12.6 Å². The Balaban J connectivity index is 1.33. The van der Waals surface area contributed by atoms with E-state index in [1.165, 1.54) is 17.4 Å². The number of nitrogens with one attached hydrogen (secondary N) is 1. The summed E-state index contributed by atoms with van der Waals surface area (Å²) in [5.41, 5.74) is 9.27. The number of carbonyl (C=O) groups is 1. The lowest BCUT2D eigenvalue weighted by Crippen LogP contribution is -2.47. The van der Waals surface area contributed by atoms with E-state index in [0.717, 1.165) is 13.1 Å². The maximum absolute atomic E-state index is 14.7. The number of piperazine rings is 1. The van der Waals surface area contributed by atoms with Gasteiger partial charge in [-0.2, -0.15) is 0 Å². The van der Waals surface area contributed by atoms with E-state index >= 15 is 0 Å². The van der Waals surface area contributed by atoms with Gasteiger partial charge in [0.1, 0.15) is 11.9 Å². The summed E-state index contributed by atoms with van der Waals surface area (Å²) in [7, 11) is 0. The Kier molecular flexibility index (Phi) is 6.15. The largest absolute Gasteiger partial charge is 0.366 e. The molecule has 2 aromatic heterocycles. The lowest BCUT2D eigenvalue weighted by molar-refractivity contribution is -0.122. The summed E-state index contributed by atoms with van der Waals surface area (Å²) >= 11 is 1.38. The van der Waals surface area contributed by atoms with Crippen LogP contribution in [0, 0.1) is 5.82 Å². The first-order valence-electron chi connectivity index (χ1n) is 9.58. The number of nitrogens with zero attached hydrogens (tertiary/aromatic N) is 5. The Bertz CT molecular complexity index is 978. The molecule has 156 valence electrons. The number of rotatable bonds is 6. The van der Waals surface area contributed by atoms with E-state index < -0.39 is 6.04 Å². The second-order valence-electron chi connectivity index (χ2n) is 6.92. The molecule has 3 N–H and O–H groups in total. The molecule has 4 rings (SSSR count). The maximum atomic E-state index is 14.7. The number of amides is 1. The number of carbonyl (C=O) groups excluding carboxylic acids is 1. The van der Waals surface area contributed by atoms with Crippen molar-refractivity contribution in [2.75, 3.05) is 36.0 Å². The zero-order valence-corrected chi connectivity index (χ0v) is 17.1. The quantitative estimate of drug-likeness (QED) is 0.618. The third-order valence-electron chi connectivity index (χ3n) is 4.99. The Morgan fingerprint density at radius 3 is 2.57 bits per heavy atom. The molecule has 0 bridgehead atoms. The van der Waals surface area contributed by atoms with E-state index in [0.29, 0.717) is 36.0 Å². The van der Waals surface area contributed by atoms with Gasteiger partial charge in [-0.1, -0.05) is 6.07 Å². The van der Waals surface area contributed by atoms with Crippen LogP contribution in [0.3, 0.4) is 0 Å². The number of thiazole rings is 1. The molecule has 1 atom stereocenters. The van der Waals surface area contributed by atoms with Crippen LogP contribution in [0.1, 0.15) is 17.3 Å². The minimum absolute atomic E-state index is 0.201. The SMILES string of the molecule is NC(C(=O)NCc1ccc(N2CCN(c3ncccn3)CC2)c(F)c1)c1cscn1. The van der Waals surface area contributed by atoms with Crippen LogP contribution in [-0.4, -0.2) is 47.0 Å². The van der Waals surface area contributed by atoms with Gasteiger partial charge in [0.05, 0.1) is 16.9 Å². The molecule has 1 unspecified atom stereocenters. The molecule has 3 heterocycles. The normalized spacial score (nSPS) is 15.1. The highest BCUT2D eigenvalue weighted by Crippen LogP contribution is 2.23. The molecule has 30 heavy (non-hydrogen) atoms. The van der Waals surface area contributed by atoms with Crippen molar-refractivity contribution in [1.29, 1.82) is 0 Å². The maximum Gasteiger partial charge on any atom is 0.243 e. The highest BCUT2D eigenvalue weighted by atomic mass is 32.1. The number of benzene rings is 1. The van der Waals surface area contributed by atoms with E-state index in [2.05, 4.69) is 25.2 Å². The summed E-state index contributed by atoms with van der Waals surface area (Å²) in [5, 5.41) is 4.48. The Labute approximate surface area is 177 Å². The molecular formula is C20H22FN7OS. The van der Waals surface area contributed by atoms with Crippen LogP contribution in [-0.2, 0) is 11.3 Å². The standard InChI is InChI=1S/C20H22FN7OS/c21-15-10-14(11-25-19(29)18(22)16-12-30-13-26-16)2-3-17(15)27-6-8-28(9-7-27)20-23-4-1-5-24-20/h1-5,10,12-13,18H,6-9,11,22H2,(H,25,29). The smallest absolute Gasteiger partial charge is 0.243 e. The van der Waals surface area contributed by atoms with Crippen LogP contribution in [0.5, 0.6) is 0 Å². The highest BCUT2D eigenvalue weighted by Gasteiger charge is 2.21. The number of nitrogens with two attached hydrogens (primary N) is 1. The summed E-state index contributed by atoms with van der Waals surface area (Å²) in [6, 6.07) is 5.99. The van der Waals surface area contributed by atoms with Crippen LogP contribution in [0.15, 0.2) is 47.5 Å². The van der Waals surface area contributed by atoms with Crippen LogP contribution in [0.25, 0.3) is 0 Å². The van der Waals surface area contributed by atoms with Gasteiger partial charge in [-0.3, -0.25) is 4.79 Å². The zero-order chi connectivity index (χ0) is 20.9. The molecule has 3 aromatic rings. The molecule has 8 nitrogen and oxygen atoms in total. The predicted octanol–water partition coefficient (Wildman–Crippen LogP) is 1.72. The second kappa shape index (κ2) is 9.14. The number of halogens is 1. The molecule has 1 aliphatic heterocycles. The fraction of sp³-hybridized carbons (Fsp3) is 0.300. The molecule has 1 saturated heterocycles. The molecule has 1 aromatic carbocycles. The van der Waals surface area contributed by atoms with E-state index in [4.69, 9.17) is 5.73 Å². The topological polar surface area (TPSA) is 100 Å². The lowest BCUT2D eigenvalue weighted by atomic mass is 10.1. The zero-order valence-electron chi connectivity index (χ0n) is 16.2. The molecule has 0 saturated carbocycles. The predicted molar refractivity (Wildman–Crippen MR) is 114 cm³/mol. The first-order chi connectivity index (χ1) is 14.6. The minimum atomic E-state index is -0.828. The first kappa shape index (κ1) is 20.2. The van der Waals surface area contributed by atoms with Crippen molar-refractivity contribution >= 4 is 28.9 Å². The van der Waals surface area contributed by atoms with Crippen LogP contribution in [0.4, 0.5) is 16.0 Å². The van der Waals surface area contributed by atoms with Gasteiger partial charge in [0.25, 0.3) is 0 Å². The Morgan fingerprint density at radius 2 is 1.90 bits per heavy atom. The van der Waals surface area contributed by atoms with Crippen molar-refractivity contribution < 1.29 is 9.18 Å². The number of anilines is 2. The van der Waals surface area contributed by atoms with E-state index in [9.17, 15) is 9.18 Å². The average molecular weight is 428 g/mol. The monoisotopic (exact) mass is 427 g/mol. The van der Waals surface area contributed by atoms with Gasteiger partial charge in [-0.15, -0.1) is 11.3 Å². The van der Waals surface area contributed by atoms with E-state index in [1.807, 2.05) is 11.0 Å². The van der Waals surface area contributed by atoms with Crippen LogP contribution in [0.2, 0.25) is 0 Å². The number of hydrogen-bond donors (Lipinski definition) is 2. The van der Waals surface area contributed by atoms with Gasteiger partial charge in [-0.05, 0) is 23.8 Å². The fourth-order valence-corrected chi connectivity index (χ4v) is 3.92. The third kappa shape index (κ3) is 4.55. The van der Waals surface area contributed by atoms with Crippen LogP contribution >= 0.6 is 11.3 Å². The van der Waals surface area contributed by atoms with Crippen molar-refractivity contribution in [3.05, 3.63) is 64.6 Å². The van der Waals surface area contributed by atoms with Crippen molar-refractivity contribution in [2.24, 2.45) is 5.73 Å². The molecule has 10 heteroatoms. The third-order valence-corrected chi connectivity index (χ3v) is 5.59. The minimum Gasteiger partial charge on any atom is -0.366 e. The summed E-state index contributed by atoms with van der Waals surface area (Å²) in [6.07, 6.45) is 3.44. The second-order valence-corrected chi connectivity index (χ2v) is 7.64. The number of hydrogen-bond acceptors (Lipinski definition) is 8. The molecule has 1 amide bonds. The van der Waals surface area contributed by atoms with E-state index in [1.54, 1.807) is 35.4 Å². The average Bonchev–Trinajstić information content (AvgIpc) is 3.33. The highest BCUT2D eigenvalue weighted by molar-refractivity contribution is 7.07. The van der Waals surface area contributed by atoms with Crippen LogP contribution < -0.4 is 20.9 Å². The van der Waals surface area contributed by atoms with Gasteiger partial charge in [-0.25, -0.2) is 19.3 Å². The molecule has 0 radical (unpaired) electrons. The molecule has 0 spiro atoms. The Hall–Kier alpha value is -3.11. The molecular weight excluding hydrogens is 405 g/mol. The van der Waals surface area contributed by atoms with Gasteiger partial charge in [0.2, 0.25) is 11.9 Å². The molecule has 1 aliphatic rings. The number of aromatic nitrogens is 3. The summed E-state index contributed by atoms with van der Waals surface area (Å²) in [4.78, 5) is 28.9. The van der Waals surface area contributed by atoms with Crippen molar-refractivity contribution in [3.63, 3.8) is 0 Å². The lowest BCUT2D eigenvalue weighted by Gasteiger charge is -2.36. The Morgan fingerprint density at radius 1 is 1.17 bits per heavy atom.